The highest BCUT2D eigenvalue weighted by atomic mass is 32.1. The zero-order valence-corrected chi connectivity index (χ0v) is 16.8. The maximum atomic E-state index is 11.4. The molecule has 3 N–H and O–H groups in total. The Morgan fingerprint density at radius 1 is 1.25 bits per heavy atom. The number of nitrogens with zero attached hydrogens (tertiary/aromatic N) is 3. The first-order valence-electron chi connectivity index (χ1n) is 9.31. The first-order chi connectivity index (χ1) is 13.3. The molecule has 1 aromatic carbocycles. The largest absolute Gasteiger partial charge is 0.506 e. The van der Waals surface area contributed by atoms with E-state index < -0.39 is 11.4 Å². The lowest BCUT2D eigenvalue weighted by atomic mass is 9.93. The third kappa shape index (κ3) is 3.45. The van der Waals surface area contributed by atoms with E-state index in [1.807, 2.05) is 24.3 Å². The van der Waals surface area contributed by atoms with E-state index in [4.69, 9.17) is 4.99 Å². The number of nitrogens with one attached hydrogen (secondary N) is 1. The first-order valence-corrected chi connectivity index (χ1v) is 10.2. The third-order valence-electron chi connectivity index (χ3n) is 5.24. The second kappa shape index (κ2) is 7.10. The molecule has 0 saturated carbocycles. The van der Waals surface area contributed by atoms with Gasteiger partial charge in [0.05, 0.1) is 22.4 Å². The Morgan fingerprint density at radius 3 is 2.68 bits per heavy atom. The molecule has 0 radical (unpaired) electrons. The van der Waals surface area contributed by atoms with Crippen molar-refractivity contribution in [3.63, 3.8) is 0 Å². The van der Waals surface area contributed by atoms with E-state index >= 15 is 0 Å². The van der Waals surface area contributed by atoms with Crippen LogP contribution in [0.25, 0.3) is 0 Å². The smallest absolute Gasteiger partial charge is 0.310 e. The summed E-state index contributed by atoms with van der Waals surface area (Å²) in [6.45, 7) is 7.00. The van der Waals surface area contributed by atoms with Crippen molar-refractivity contribution in [2.45, 2.75) is 13.8 Å². The summed E-state index contributed by atoms with van der Waals surface area (Å²) in [6, 6.07) is 7.85. The van der Waals surface area contributed by atoms with Crippen molar-refractivity contribution in [1.29, 1.82) is 0 Å². The minimum Gasteiger partial charge on any atom is -0.506 e. The van der Waals surface area contributed by atoms with E-state index in [0.717, 1.165) is 54.0 Å². The van der Waals surface area contributed by atoms with Gasteiger partial charge in [0.25, 0.3) is 0 Å². The van der Waals surface area contributed by atoms with Crippen LogP contribution >= 0.6 is 11.3 Å². The minimum atomic E-state index is -0.779. The van der Waals surface area contributed by atoms with Gasteiger partial charge in [0.15, 0.2) is 0 Å². The fourth-order valence-electron chi connectivity index (χ4n) is 3.60. The summed E-state index contributed by atoms with van der Waals surface area (Å²) in [5.41, 5.74) is 1.72. The van der Waals surface area contributed by atoms with E-state index in [1.54, 1.807) is 19.2 Å². The number of aliphatic carboxylic acids is 1. The van der Waals surface area contributed by atoms with Crippen molar-refractivity contribution in [2.75, 3.05) is 38.0 Å². The zero-order valence-electron chi connectivity index (χ0n) is 16.0. The van der Waals surface area contributed by atoms with Gasteiger partial charge in [0, 0.05) is 38.1 Å². The monoisotopic (exact) mass is 400 g/mol. The van der Waals surface area contributed by atoms with Gasteiger partial charge in [-0.2, -0.15) is 0 Å². The fourth-order valence-corrected chi connectivity index (χ4v) is 4.43. The Hall–Kier alpha value is -2.58. The molecule has 0 amide bonds. The number of aromatic hydroxyl groups is 1. The molecule has 3 heterocycles. The highest BCUT2D eigenvalue weighted by Gasteiger charge is 2.33. The van der Waals surface area contributed by atoms with Gasteiger partial charge in [0.2, 0.25) is 0 Å². The number of fused-ring (bicyclic) bond motifs is 2. The van der Waals surface area contributed by atoms with Crippen LogP contribution in [0.4, 0.5) is 16.4 Å². The molecule has 7 nitrogen and oxygen atoms in total. The number of para-hydroxylation sites is 2. The Labute approximate surface area is 167 Å². The molecular weight excluding hydrogens is 376 g/mol. The van der Waals surface area contributed by atoms with Gasteiger partial charge < -0.3 is 20.4 Å². The number of carboxylic acid groups (broad SMARTS) is 1. The summed E-state index contributed by atoms with van der Waals surface area (Å²) in [5.74, 6) is 0.218. The van der Waals surface area contributed by atoms with Crippen LogP contribution in [0.15, 0.2) is 34.6 Å². The predicted octanol–water partition coefficient (Wildman–Crippen LogP) is 3.32. The van der Waals surface area contributed by atoms with Crippen molar-refractivity contribution < 1.29 is 15.0 Å². The van der Waals surface area contributed by atoms with Crippen LogP contribution in [-0.4, -0.2) is 64.5 Å². The van der Waals surface area contributed by atoms with Gasteiger partial charge in [-0.05, 0) is 26.0 Å². The van der Waals surface area contributed by atoms with Crippen molar-refractivity contribution in [3.05, 3.63) is 35.2 Å². The average molecular weight is 401 g/mol. The Balaban J connectivity index is 1.58. The van der Waals surface area contributed by atoms with Crippen LogP contribution in [0.2, 0.25) is 0 Å². The third-order valence-corrected chi connectivity index (χ3v) is 6.13. The number of amidine groups is 1. The van der Waals surface area contributed by atoms with Crippen molar-refractivity contribution >= 4 is 39.5 Å². The van der Waals surface area contributed by atoms with Crippen molar-refractivity contribution in [1.82, 2.24) is 9.80 Å². The van der Waals surface area contributed by atoms with Gasteiger partial charge in [-0.3, -0.25) is 9.69 Å². The molecule has 148 valence electrons. The normalized spacial score (nSPS) is 17.2. The number of carbonyl (C=O) groups is 1. The summed E-state index contributed by atoms with van der Waals surface area (Å²) in [5, 5.41) is 25.8. The topological polar surface area (TPSA) is 88.4 Å². The standard InChI is InChI=1S/C20H24N4O3S/c1-20(2,19(26)27)12-23-7-9-24(10-8-23)17-16-15(25)11-28-18(16)22-14-6-4-3-5-13(14)21-17/h3-6,11,22,25H,7-10,12H2,1-2H3,(H,26,27). The summed E-state index contributed by atoms with van der Waals surface area (Å²) >= 11 is 1.46. The number of carboxylic acids is 1. The van der Waals surface area contributed by atoms with E-state index in [9.17, 15) is 15.0 Å². The molecule has 1 aromatic heterocycles. The summed E-state index contributed by atoms with van der Waals surface area (Å²) in [6.07, 6.45) is 0. The summed E-state index contributed by atoms with van der Waals surface area (Å²) < 4.78 is 0. The van der Waals surface area contributed by atoms with Crippen LogP contribution in [-0.2, 0) is 4.79 Å². The molecule has 4 rings (SSSR count). The lowest BCUT2D eigenvalue weighted by Gasteiger charge is -2.38. The van der Waals surface area contributed by atoms with Crippen LogP contribution < -0.4 is 5.32 Å². The Bertz CT molecular complexity index is 929. The molecule has 0 spiro atoms. The van der Waals surface area contributed by atoms with Crippen molar-refractivity contribution in [3.8, 4) is 5.75 Å². The lowest BCUT2D eigenvalue weighted by Crippen LogP contribution is -2.52. The fraction of sp³-hybridized carbons (Fsp3) is 0.400. The number of benzene rings is 1. The molecule has 28 heavy (non-hydrogen) atoms. The molecule has 0 bridgehead atoms. The van der Waals surface area contributed by atoms with Crippen molar-refractivity contribution in [2.24, 2.45) is 10.4 Å². The number of hydrogen-bond acceptors (Lipinski definition) is 7. The van der Waals surface area contributed by atoms with E-state index in [-0.39, 0.29) is 5.75 Å². The summed E-state index contributed by atoms with van der Waals surface area (Å²) in [4.78, 5) is 20.7. The molecule has 0 aliphatic carbocycles. The molecule has 2 aliphatic heterocycles. The second-order valence-corrected chi connectivity index (χ2v) is 8.73. The van der Waals surface area contributed by atoms with Gasteiger partial charge in [-0.15, -0.1) is 11.3 Å². The number of aliphatic imine (C=N–C) groups is 1. The molecular formula is C20H24N4O3S. The van der Waals surface area contributed by atoms with E-state index in [1.165, 1.54) is 11.3 Å². The molecule has 2 aromatic rings. The molecule has 1 saturated heterocycles. The number of hydrogen-bond donors (Lipinski definition) is 3. The van der Waals surface area contributed by atoms with E-state index in [2.05, 4.69) is 15.1 Å². The zero-order chi connectivity index (χ0) is 19.9. The summed E-state index contributed by atoms with van der Waals surface area (Å²) in [7, 11) is 0. The quantitative estimate of drug-likeness (QED) is 0.733. The van der Waals surface area contributed by atoms with Crippen LogP contribution in [0, 0.1) is 5.41 Å². The highest BCUT2D eigenvalue weighted by molar-refractivity contribution is 7.15. The highest BCUT2D eigenvalue weighted by Crippen LogP contribution is 2.42. The number of rotatable bonds is 3. The number of anilines is 2. The average Bonchev–Trinajstić information content (AvgIpc) is 2.92. The molecule has 8 heteroatoms. The van der Waals surface area contributed by atoms with Crippen LogP contribution in [0.5, 0.6) is 5.75 Å². The molecule has 0 atom stereocenters. The van der Waals surface area contributed by atoms with Gasteiger partial charge in [-0.25, -0.2) is 4.99 Å². The first kappa shape index (κ1) is 18.8. The van der Waals surface area contributed by atoms with Crippen LogP contribution in [0.1, 0.15) is 19.4 Å². The van der Waals surface area contributed by atoms with Gasteiger partial charge >= 0.3 is 5.97 Å². The molecule has 2 aliphatic rings. The van der Waals surface area contributed by atoms with Crippen LogP contribution in [0.3, 0.4) is 0 Å². The lowest BCUT2D eigenvalue weighted by molar-refractivity contribution is -0.148. The van der Waals surface area contributed by atoms with Gasteiger partial charge in [-0.1, -0.05) is 12.1 Å². The second-order valence-electron chi connectivity index (χ2n) is 7.85. The minimum absolute atomic E-state index is 0.230. The molecule has 1 fully saturated rings. The maximum Gasteiger partial charge on any atom is 0.310 e. The van der Waals surface area contributed by atoms with E-state index in [0.29, 0.717) is 6.54 Å². The number of thiophene rings is 1. The molecule has 0 unspecified atom stereocenters. The SMILES string of the molecule is CC(C)(CN1CCN(C2=Nc3ccccc3Nc3scc(O)c32)CC1)C(=O)O. The Morgan fingerprint density at radius 2 is 1.96 bits per heavy atom. The maximum absolute atomic E-state index is 11.4. The Kier molecular flexibility index (Phi) is 4.76. The van der Waals surface area contributed by atoms with Gasteiger partial charge in [0.1, 0.15) is 16.6 Å². The predicted molar refractivity (Wildman–Crippen MR) is 111 cm³/mol. The number of piperazine rings is 1.